The Hall–Kier alpha value is -6.21. The van der Waals surface area contributed by atoms with Crippen molar-refractivity contribution in [3.63, 3.8) is 0 Å². The molecule has 0 atom stereocenters. The first kappa shape index (κ1) is 28.6. The molecule has 0 saturated heterocycles. The Morgan fingerprint density at radius 2 is 0.941 bits per heavy atom. The van der Waals surface area contributed by atoms with Gasteiger partial charge >= 0.3 is 0 Å². The van der Waals surface area contributed by atoms with Crippen LogP contribution in [0.4, 0.5) is 0 Å². The largest absolute Gasteiger partial charge is 0.309 e. The lowest BCUT2D eigenvalue weighted by Gasteiger charge is -2.10. The van der Waals surface area contributed by atoms with Gasteiger partial charge in [-0.1, -0.05) is 109 Å². The van der Waals surface area contributed by atoms with Crippen molar-refractivity contribution in [2.45, 2.75) is 0 Å². The van der Waals surface area contributed by atoms with Crippen LogP contribution >= 0.6 is 22.7 Å². The summed E-state index contributed by atoms with van der Waals surface area (Å²) in [5, 5.41) is 7.64. The lowest BCUT2D eigenvalue weighted by atomic mass is 10.0. The second-order valence-corrected chi connectivity index (χ2v) is 14.9. The summed E-state index contributed by atoms with van der Waals surface area (Å²) in [6, 6.07) is 55.8. The summed E-state index contributed by atoms with van der Waals surface area (Å²) >= 11 is 3.73. The summed E-state index contributed by atoms with van der Waals surface area (Å²) in [6.07, 6.45) is 0. The number of hydrogen-bond acceptors (Lipinski definition) is 5. The number of para-hydroxylation sites is 2. The van der Waals surface area contributed by atoms with Crippen molar-refractivity contribution in [2.75, 3.05) is 0 Å². The minimum atomic E-state index is 0.666. The van der Waals surface area contributed by atoms with Gasteiger partial charge in [0.25, 0.3) is 0 Å². The van der Waals surface area contributed by atoms with E-state index in [1.54, 1.807) is 0 Å². The summed E-state index contributed by atoms with van der Waals surface area (Å²) in [6.45, 7) is 0. The zero-order valence-corrected chi connectivity index (χ0v) is 28.7. The third kappa shape index (κ3) is 4.40. The number of benzene rings is 7. The van der Waals surface area contributed by atoms with Crippen molar-refractivity contribution in [3.8, 4) is 39.9 Å². The molecule has 0 unspecified atom stereocenters. The lowest BCUT2D eigenvalue weighted by Crippen LogP contribution is -2.00. The first-order valence-corrected chi connectivity index (χ1v) is 18.6. The van der Waals surface area contributed by atoms with E-state index < -0.39 is 0 Å². The molecule has 51 heavy (non-hydrogen) atoms. The molecule has 4 nitrogen and oxygen atoms in total. The predicted molar refractivity (Wildman–Crippen MR) is 216 cm³/mol. The van der Waals surface area contributed by atoms with E-state index in [1.807, 2.05) is 59.1 Å². The molecule has 0 fully saturated rings. The topological polar surface area (TPSA) is 43.6 Å². The molecule has 0 saturated carbocycles. The van der Waals surface area contributed by atoms with Gasteiger partial charge in [-0.15, -0.1) is 22.7 Å². The molecule has 0 aliphatic rings. The molecule has 4 heterocycles. The van der Waals surface area contributed by atoms with Gasteiger partial charge in [0.15, 0.2) is 17.5 Å². The van der Waals surface area contributed by atoms with Crippen LogP contribution in [0.2, 0.25) is 0 Å². The van der Waals surface area contributed by atoms with Gasteiger partial charge in [0.2, 0.25) is 0 Å². The van der Waals surface area contributed by atoms with Crippen LogP contribution in [0.5, 0.6) is 0 Å². The molecule has 4 aromatic heterocycles. The number of rotatable bonds is 4. The van der Waals surface area contributed by atoms with E-state index in [-0.39, 0.29) is 0 Å². The van der Waals surface area contributed by atoms with Crippen molar-refractivity contribution < 1.29 is 0 Å². The lowest BCUT2D eigenvalue weighted by molar-refractivity contribution is 1.07. The fraction of sp³-hybridized carbons (Fsp3) is 0. The smallest absolute Gasteiger partial charge is 0.164 e. The third-order valence-electron chi connectivity index (χ3n) is 9.85. The fourth-order valence-electron chi connectivity index (χ4n) is 7.57. The highest BCUT2D eigenvalue weighted by molar-refractivity contribution is 7.29. The third-order valence-corrected chi connectivity index (χ3v) is 12.2. The molecule has 7 aromatic carbocycles. The van der Waals surface area contributed by atoms with Crippen LogP contribution in [-0.2, 0) is 0 Å². The van der Waals surface area contributed by atoms with Gasteiger partial charge in [-0.3, -0.25) is 0 Å². The van der Waals surface area contributed by atoms with Gasteiger partial charge in [-0.2, -0.15) is 0 Å². The minimum Gasteiger partial charge on any atom is -0.309 e. The zero-order valence-electron chi connectivity index (χ0n) is 27.1. The Morgan fingerprint density at radius 1 is 0.373 bits per heavy atom. The van der Waals surface area contributed by atoms with E-state index in [1.165, 1.54) is 67.8 Å². The van der Waals surface area contributed by atoms with Crippen LogP contribution in [0.1, 0.15) is 0 Å². The van der Waals surface area contributed by atoms with Crippen molar-refractivity contribution in [3.05, 3.63) is 158 Å². The average Bonchev–Trinajstić information content (AvgIpc) is 3.87. The first-order chi connectivity index (χ1) is 25.3. The highest BCUT2D eigenvalue weighted by atomic mass is 32.1. The summed E-state index contributed by atoms with van der Waals surface area (Å²) in [7, 11) is 0. The van der Waals surface area contributed by atoms with Crippen LogP contribution < -0.4 is 0 Å². The number of hydrogen-bond donors (Lipinski definition) is 0. The van der Waals surface area contributed by atoms with Crippen LogP contribution in [0.15, 0.2) is 158 Å². The predicted octanol–water partition coefficient (Wildman–Crippen LogP) is 12.7. The summed E-state index contributed by atoms with van der Waals surface area (Å²) < 4.78 is 7.57. The summed E-state index contributed by atoms with van der Waals surface area (Å²) in [4.78, 5) is 15.0. The molecule has 11 rings (SSSR count). The van der Waals surface area contributed by atoms with E-state index in [4.69, 9.17) is 15.0 Å². The van der Waals surface area contributed by atoms with Gasteiger partial charge in [-0.05, 0) is 48.5 Å². The minimum absolute atomic E-state index is 0.666. The van der Waals surface area contributed by atoms with Crippen molar-refractivity contribution in [1.82, 2.24) is 19.5 Å². The van der Waals surface area contributed by atoms with Gasteiger partial charge in [0.05, 0.1) is 16.7 Å². The second kappa shape index (κ2) is 11.2. The Kier molecular flexibility index (Phi) is 6.26. The van der Waals surface area contributed by atoms with Crippen LogP contribution in [0, 0.1) is 0 Å². The Morgan fingerprint density at radius 3 is 1.61 bits per heavy atom. The maximum Gasteiger partial charge on any atom is 0.164 e. The molecule has 0 N–H and O–H groups in total. The molecule has 0 amide bonds. The fourth-order valence-corrected chi connectivity index (χ4v) is 10.0. The summed E-state index contributed by atoms with van der Waals surface area (Å²) in [5.41, 5.74) is 6.56. The second-order valence-electron chi connectivity index (χ2n) is 12.8. The first-order valence-electron chi connectivity index (χ1n) is 16.9. The summed E-state index contributed by atoms with van der Waals surface area (Å²) in [5.74, 6) is 2.00. The van der Waals surface area contributed by atoms with Gasteiger partial charge in [-0.25, -0.2) is 15.0 Å². The molecule has 11 aromatic rings. The van der Waals surface area contributed by atoms with Gasteiger partial charge < -0.3 is 4.57 Å². The van der Waals surface area contributed by atoms with E-state index in [0.717, 1.165) is 16.7 Å². The van der Waals surface area contributed by atoms with Crippen LogP contribution in [0.25, 0.3) is 102 Å². The van der Waals surface area contributed by atoms with Gasteiger partial charge in [0, 0.05) is 67.8 Å². The highest BCUT2D eigenvalue weighted by Crippen LogP contribution is 2.47. The maximum atomic E-state index is 5.04. The van der Waals surface area contributed by atoms with E-state index in [2.05, 4.69) is 126 Å². The highest BCUT2D eigenvalue weighted by Gasteiger charge is 2.20. The molecular formula is C45H26N4S2. The molecular weight excluding hydrogens is 661 g/mol. The normalized spacial score (nSPS) is 11.9. The molecule has 6 heteroatoms. The Bertz CT molecular complexity index is 3030. The molecule has 0 aliphatic heterocycles. The van der Waals surface area contributed by atoms with Crippen molar-refractivity contribution >= 4 is 84.8 Å². The molecule has 0 spiro atoms. The Labute approximate surface area is 300 Å². The SMILES string of the molecule is c1ccc(-c2nc(-c3ccccc3)nc(-c3ccc4sc5ccc6c(sc7cccc(-n8c9ccccc9c9ccccc98)c76)c5c4c3)n2)cc1. The van der Waals surface area contributed by atoms with Crippen molar-refractivity contribution in [2.24, 2.45) is 0 Å². The number of thiophene rings is 2. The molecule has 0 radical (unpaired) electrons. The molecule has 0 bridgehead atoms. The quantitative estimate of drug-likeness (QED) is 0.185. The molecule has 238 valence electrons. The zero-order chi connectivity index (χ0) is 33.5. The standard InChI is InChI=1S/C45H26N4S2/c1-3-12-27(13-4-1)43-46-44(28-14-5-2-6-15-28)48-45(47-43)29-22-24-37-33(26-29)41-39(50-37)25-23-32-40-36(20-11-21-38(40)51-42(32)41)49-34-18-9-7-16-30(34)31-17-8-10-19-35(31)49/h1-26H. The van der Waals surface area contributed by atoms with Crippen LogP contribution in [-0.4, -0.2) is 19.5 Å². The van der Waals surface area contributed by atoms with E-state index in [0.29, 0.717) is 17.5 Å². The maximum absolute atomic E-state index is 5.04. The van der Waals surface area contributed by atoms with E-state index in [9.17, 15) is 0 Å². The van der Waals surface area contributed by atoms with Crippen molar-refractivity contribution in [1.29, 1.82) is 0 Å². The number of nitrogens with zero attached hydrogens (tertiary/aromatic N) is 4. The average molecular weight is 687 g/mol. The Balaban J connectivity index is 1.15. The van der Waals surface area contributed by atoms with Gasteiger partial charge in [0.1, 0.15) is 0 Å². The number of fused-ring (bicyclic) bond motifs is 10. The van der Waals surface area contributed by atoms with Crippen LogP contribution in [0.3, 0.4) is 0 Å². The number of aromatic nitrogens is 4. The van der Waals surface area contributed by atoms with E-state index >= 15 is 0 Å². The molecule has 0 aliphatic carbocycles. The monoisotopic (exact) mass is 686 g/mol.